The maximum atomic E-state index is 12.3. The lowest BCUT2D eigenvalue weighted by Gasteiger charge is -2.21. The van der Waals surface area contributed by atoms with Gasteiger partial charge in [0.05, 0.1) is 12.7 Å². The number of hydrogen-bond acceptors (Lipinski definition) is 3. The first kappa shape index (κ1) is 13.7. The van der Waals surface area contributed by atoms with Gasteiger partial charge in [-0.05, 0) is 30.9 Å². The molecule has 1 aliphatic rings. The third-order valence-corrected chi connectivity index (χ3v) is 3.79. The molecule has 0 radical (unpaired) electrons. The quantitative estimate of drug-likeness (QED) is 0.908. The number of methoxy groups -OCH3 is 1. The molecule has 1 fully saturated rings. The van der Waals surface area contributed by atoms with Gasteiger partial charge >= 0.3 is 0 Å². The van der Waals surface area contributed by atoms with Gasteiger partial charge in [0.15, 0.2) is 0 Å². The van der Waals surface area contributed by atoms with Crippen LogP contribution in [0, 0.1) is 5.92 Å². The minimum Gasteiger partial charge on any atom is -0.507 e. The molecule has 4 heteroatoms. The van der Waals surface area contributed by atoms with Gasteiger partial charge in [-0.15, -0.1) is 0 Å². The number of rotatable bonds is 4. The van der Waals surface area contributed by atoms with Crippen LogP contribution in [-0.4, -0.2) is 36.6 Å². The molecular formula is C15H21NO3. The van der Waals surface area contributed by atoms with Crippen molar-refractivity contribution in [3.8, 4) is 11.5 Å². The SMILES string of the molecule is COc1ccc(C(=O)N(C)CC2CCCC2)c(O)c1. The number of carbonyl (C=O) groups excluding carboxylic acids is 1. The second-order valence-corrected chi connectivity index (χ2v) is 5.22. The Hall–Kier alpha value is -1.71. The fourth-order valence-electron chi connectivity index (χ4n) is 2.69. The maximum absolute atomic E-state index is 12.3. The van der Waals surface area contributed by atoms with Crippen LogP contribution in [0.25, 0.3) is 0 Å². The van der Waals surface area contributed by atoms with Crippen molar-refractivity contribution in [1.82, 2.24) is 4.90 Å². The van der Waals surface area contributed by atoms with E-state index in [-0.39, 0.29) is 11.7 Å². The van der Waals surface area contributed by atoms with E-state index in [9.17, 15) is 9.90 Å². The summed E-state index contributed by atoms with van der Waals surface area (Å²) < 4.78 is 5.01. The van der Waals surface area contributed by atoms with E-state index in [2.05, 4.69) is 0 Å². The Kier molecular flexibility index (Phi) is 4.30. The van der Waals surface area contributed by atoms with Crippen molar-refractivity contribution < 1.29 is 14.6 Å². The minimum atomic E-state index is -0.132. The zero-order valence-electron chi connectivity index (χ0n) is 11.6. The van der Waals surface area contributed by atoms with Crippen LogP contribution in [0.1, 0.15) is 36.0 Å². The van der Waals surface area contributed by atoms with Crippen LogP contribution >= 0.6 is 0 Å². The number of hydrogen-bond donors (Lipinski definition) is 1. The van der Waals surface area contributed by atoms with Crippen LogP contribution in [0.3, 0.4) is 0 Å². The van der Waals surface area contributed by atoms with E-state index in [4.69, 9.17) is 4.74 Å². The fourth-order valence-corrected chi connectivity index (χ4v) is 2.69. The normalized spacial score (nSPS) is 15.5. The molecule has 1 aromatic rings. The second-order valence-electron chi connectivity index (χ2n) is 5.22. The minimum absolute atomic E-state index is 0.0254. The number of aromatic hydroxyl groups is 1. The first-order chi connectivity index (χ1) is 9.11. The summed E-state index contributed by atoms with van der Waals surface area (Å²) in [7, 11) is 3.33. The number of phenols is 1. The molecule has 0 aromatic heterocycles. The molecule has 1 N–H and O–H groups in total. The van der Waals surface area contributed by atoms with E-state index in [0.29, 0.717) is 17.2 Å². The first-order valence-electron chi connectivity index (χ1n) is 6.74. The zero-order chi connectivity index (χ0) is 13.8. The highest BCUT2D eigenvalue weighted by Crippen LogP contribution is 2.27. The van der Waals surface area contributed by atoms with Crippen molar-refractivity contribution in [3.63, 3.8) is 0 Å². The summed E-state index contributed by atoms with van der Waals surface area (Å²) in [5.41, 5.74) is 0.335. The summed E-state index contributed by atoms with van der Waals surface area (Å²) in [6.07, 6.45) is 4.93. The summed E-state index contributed by atoms with van der Waals surface area (Å²) in [6, 6.07) is 4.77. The predicted octanol–water partition coefficient (Wildman–Crippen LogP) is 2.66. The Morgan fingerprint density at radius 2 is 2.11 bits per heavy atom. The van der Waals surface area contributed by atoms with Gasteiger partial charge in [-0.3, -0.25) is 4.79 Å². The number of ether oxygens (including phenoxy) is 1. The van der Waals surface area contributed by atoms with Gasteiger partial charge < -0.3 is 14.7 Å². The lowest BCUT2D eigenvalue weighted by molar-refractivity contribution is 0.0770. The molecular weight excluding hydrogens is 242 g/mol. The number of amides is 1. The van der Waals surface area contributed by atoms with Gasteiger partial charge in [0, 0.05) is 19.7 Å². The van der Waals surface area contributed by atoms with Crippen LogP contribution in [0.4, 0.5) is 0 Å². The number of phenolic OH excluding ortho intramolecular Hbond substituents is 1. The van der Waals surface area contributed by atoms with E-state index in [0.717, 1.165) is 6.54 Å². The summed E-state index contributed by atoms with van der Waals surface area (Å²) in [5.74, 6) is 0.997. The van der Waals surface area contributed by atoms with Crippen molar-refractivity contribution in [3.05, 3.63) is 23.8 Å². The molecule has 0 aliphatic heterocycles. The average molecular weight is 263 g/mol. The highest BCUT2D eigenvalue weighted by atomic mass is 16.5. The average Bonchev–Trinajstić information content (AvgIpc) is 2.90. The summed E-state index contributed by atoms with van der Waals surface area (Å²) in [6.45, 7) is 0.768. The molecule has 19 heavy (non-hydrogen) atoms. The van der Waals surface area contributed by atoms with Gasteiger partial charge in [0.25, 0.3) is 5.91 Å². The summed E-state index contributed by atoms with van der Waals surface area (Å²) >= 11 is 0. The molecule has 1 saturated carbocycles. The molecule has 0 bridgehead atoms. The summed E-state index contributed by atoms with van der Waals surface area (Å²) in [5, 5.41) is 9.88. The van der Waals surface area contributed by atoms with Crippen LogP contribution in [0.2, 0.25) is 0 Å². The molecule has 0 spiro atoms. The molecule has 1 amide bonds. The van der Waals surface area contributed by atoms with E-state index >= 15 is 0 Å². The molecule has 104 valence electrons. The molecule has 0 heterocycles. The first-order valence-corrected chi connectivity index (χ1v) is 6.74. The van der Waals surface area contributed by atoms with E-state index in [1.807, 2.05) is 0 Å². The Morgan fingerprint density at radius 1 is 1.42 bits per heavy atom. The third-order valence-electron chi connectivity index (χ3n) is 3.79. The Morgan fingerprint density at radius 3 is 2.68 bits per heavy atom. The van der Waals surface area contributed by atoms with Gasteiger partial charge in [-0.1, -0.05) is 12.8 Å². The van der Waals surface area contributed by atoms with E-state index < -0.39 is 0 Å². The van der Waals surface area contributed by atoms with Crippen molar-refractivity contribution in [1.29, 1.82) is 0 Å². The molecule has 0 atom stereocenters. The molecule has 4 nitrogen and oxygen atoms in total. The lowest BCUT2D eigenvalue weighted by atomic mass is 10.1. The predicted molar refractivity (Wildman–Crippen MR) is 73.6 cm³/mol. The molecule has 0 unspecified atom stereocenters. The monoisotopic (exact) mass is 263 g/mol. The highest BCUT2D eigenvalue weighted by molar-refractivity contribution is 5.96. The topological polar surface area (TPSA) is 49.8 Å². The molecule has 2 rings (SSSR count). The van der Waals surface area contributed by atoms with Crippen LogP contribution in [-0.2, 0) is 0 Å². The lowest BCUT2D eigenvalue weighted by Crippen LogP contribution is -2.31. The Bertz CT molecular complexity index is 453. The molecule has 0 saturated heterocycles. The molecule has 1 aromatic carbocycles. The van der Waals surface area contributed by atoms with Crippen LogP contribution in [0.5, 0.6) is 11.5 Å². The van der Waals surface area contributed by atoms with E-state index in [1.165, 1.54) is 38.9 Å². The van der Waals surface area contributed by atoms with Gasteiger partial charge in [0.2, 0.25) is 0 Å². The number of benzene rings is 1. The van der Waals surface area contributed by atoms with Gasteiger partial charge in [0.1, 0.15) is 11.5 Å². The van der Waals surface area contributed by atoms with Crippen LogP contribution in [0.15, 0.2) is 18.2 Å². The third kappa shape index (κ3) is 3.19. The van der Waals surface area contributed by atoms with Crippen molar-refractivity contribution in [2.45, 2.75) is 25.7 Å². The Labute approximate surface area is 114 Å². The standard InChI is InChI=1S/C15H21NO3/c1-16(10-11-5-3-4-6-11)15(18)13-8-7-12(19-2)9-14(13)17/h7-9,11,17H,3-6,10H2,1-2H3. The van der Waals surface area contributed by atoms with Crippen molar-refractivity contribution in [2.75, 3.05) is 20.7 Å². The van der Waals surface area contributed by atoms with Gasteiger partial charge in [-0.2, -0.15) is 0 Å². The smallest absolute Gasteiger partial charge is 0.257 e. The second kappa shape index (κ2) is 5.95. The van der Waals surface area contributed by atoms with Crippen LogP contribution < -0.4 is 4.74 Å². The largest absolute Gasteiger partial charge is 0.507 e. The highest BCUT2D eigenvalue weighted by Gasteiger charge is 2.21. The van der Waals surface area contributed by atoms with Gasteiger partial charge in [-0.25, -0.2) is 0 Å². The fraction of sp³-hybridized carbons (Fsp3) is 0.533. The molecule has 1 aliphatic carbocycles. The zero-order valence-corrected chi connectivity index (χ0v) is 11.6. The maximum Gasteiger partial charge on any atom is 0.257 e. The summed E-state index contributed by atoms with van der Waals surface area (Å²) in [4.78, 5) is 14.0. The van der Waals surface area contributed by atoms with E-state index in [1.54, 1.807) is 24.1 Å². The van der Waals surface area contributed by atoms with Crippen molar-refractivity contribution in [2.24, 2.45) is 5.92 Å². The number of carbonyl (C=O) groups is 1. The Balaban J connectivity index is 2.05. The van der Waals surface area contributed by atoms with Crippen molar-refractivity contribution >= 4 is 5.91 Å². The number of nitrogens with zero attached hydrogens (tertiary/aromatic N) is 1.